The van der Waals surface area contributed by atoms with Gasteiger partial charge in [0.05, 0.1) is 27.8 Å². The highest BCUT2D eigenvalue weighted by molar-refractivity contribution is 7.80. The first-order valence-electron chi connectivity index (χ1n) is 6.39. The quantitative estimate of drug-likeness (QED) is 0.336. The fourth-order valence-electron chi connectivity index (χ4n) is 1.43. The van der Waals surface area contributed by atoms with Gasteiger partial charge in [-0.3, -0.25) is 10.1 Å². The second-order valence-electron chi connectivity index (χ2n) is 5.43. The van der Waals surface area contributed by atoms with Crippen molar-refractivity contribution >= 4 is 40.4 Å². The lowest BCUT2D eigenvalue weighted by molar-refractivity contribution is -0.384. The van der Waals surface area contributed by atoms with Gasteiger partial charge in [0.25, 0.3) is 5.69 Å². The number of benzene rings is 1. The third-order valence-electron chi connectivity index (χ3n) is 2.31. The first kappa shape index (κ1) is 17.6. The molecule has 0 fully saturated rings. The number of rotatable bonds is 4. The van der Waals surface area contributed by atoms with E-state index in [0.29, 0.717) is 11.4 Å². The Kier molecular flexibility index (Phi) is 5.63. The Bertz CT molecular complexity index is 598. The normalized spacial score (nSPS) is 10.7. The van der Waals surface area contributed by atoms with Gasteiger partial charge in [0, 0.05) is 12.1 Å². The number of hydrogen-bond donors (Lipinski definition) is 3. The Morgan fingerprint density at radius 3 is 2.64 bits per heavy atom. The summed E-state index contributed by atoms with van der Waals surface area (Å²) in [7, 11) is 0. The Labute approximate surface area is 133 Å². The minimum atomic E-state index is -0.608. The SMILES string of the molecule is CC(C)(C)OC(=O)NCC(=S)Nc1cc([N+](=O)[O-])ccc1N. The Hall–Kier alpha value is -2.42. The van der Waals surface area contributed by atoms with Crippen molar-refractivity contribution in [3.63, 3.8) is 0 Å². The Morgan fingerprint density at radius 2 is 2.09 bits per heavy atom. The Morgan fingerprint density at radius 1 is 1.45 bits per heavy atom. The summed E-state index contributed by atoms with van der Waals surface area (Å²) in [4.78, 5) is 21.9. The molecule has 22 heavy (non-hydrogen) atoms. The number of anilines is 2. The standard InChI is InChI=1S/C13H18N4O4S/c1-13(2,3)21-12(18)15-7-11(22)16-10-6-8(17(19)20)4-5-9(10)14/h4-6H,7,14H2,1-3H3,(H,15,18)(H,16,22). The third kappa shape index (κ3) is 5.92. The average molecular weight is 326 g/mol. The van der Waals surface area contributed by atoms with Gasteiger partial charge < -0.3 is 21.1 Å². The second kappa shape index (κ2) is 7.03. The lowest BCUT2D eigenvalue weighted by atomic mass is 10.2. The van der Waals surface area contributed by atoms with Crippen molar-refractivity contribution in [3.05, 3.63) is 28.3 Å². The average Bonchev–Trinajstić information content (AvgIpc) is 2.36. The molecular weight excluding hydrogens is 308 g/mol. The maximum atomic E-state index is 11.5. The van der Waals surface area contributed by atoms with Crippen molar-refractivity contribution in [1.29, 1.82) is 0 Å². The molecule has 0 radical (unpaired) electrons. The van der Waals surface area contributed by atoms with Crippen LogP contribution in [0, 0.1) is 10.1 Å². The lowest BCUT2D eigenvalue weighted by Gasteiger charge is -2.20. The summed E-state index contributed by atoms with van der Waals surface area (Å²) in [6, 6.07) is 3.97. The number of carbonyl (C=O) groups excluding carboxylic acids is 1. The number of ether oxygens (including phenoxy) is 1. The number of non-ortho nitro benzene ring substituents is 1. The van der Waals surface area contributed by atoms with Crippen molar-refractivity contribution in [2.45, 2.75) is 26.4 Å². The van der Waals surface area contributed by atoms with Crippen LogP contribution in [0.5, 0.6) is 0 Å². The van der Waals surface area contributed by atoms with E-state index in [0.717, 1.165) is 0 Å². The van der Waals surface area contributed by atoms with Crippen LogP contribution >= 0.6 is 12.2 Å². The van der Waals surface area contributed by atoms with E-state index in [1.807, 2.05) is 0 Å². The van der Waals surface area contributed by atoms with Gasteiger partial charge in [-0.15, -0.1) is 0 Å². The van der Waals surface area contributed by atoms with E-state index < -0.39 is 16.6 Å². The van der Waals surface area contributed by atoms with E-state index in [9.17, 15) is 14.9 Å². The van der Waals surface area contributed by atoms with Gasteiger partial charge >= 0.3 is 6.09 Å². The van der Waals surface area contributed by atoms with E-state index in [1.165, 1.54) is 18.2 Å². The van der Waals surface area contributed by atoms with Gasteiger partial charge in [-0.05, 0) is 26.8 Å². The van der Waals surface area contributed by atoms with E-state index >= 15 is 0 Å². The number of nitrogens with two attached hydrogens (primary N) is 1. The van der Waals surface area contributed by atoms with Crippen LogP contribution in [0.1, 0.15) is 20.8 Å². The van der Waals surface area contributed by atoms with Crippen LogP contribution in [-0.2, 0) is 4.74 Å². The number of alkyl carbamates (subject to hydrolysis) is 1. The molecule has 0 aliphatic carbocycles. The first-order chi connectivity index (χ1) is 10.1. The molecule has 0 heterocycles. The van der Waals surface area contributed by atoms with Gasteiger partial charge in [-0.2, -0.15) is 0 Å². The summed E-state index contributed by atoms with van der Waals surface area (Å²) in [5.41, 5.74) is 5.62. The number of nitro benzene ring substituents is 1. The van der Waals surface area contributed by atoms with Crippen molar-refractivity contribution < 1.29 is 14.5 Å². The first-order valence-corrected chi connectivity index (χ1v) is 6.80. The zero-order valence-electron chi connectivity index (χ0n) is 12.5. The number of nitrogen functional groups attached to an aromatic ring is 1. The second-order valence-corrected chi connectivity index (χ2v) is 5.93. The summed E-state index contributed by atoms with van der Waals surface area (Å²) >= 11 is 5.06. The van der Waals surface area contributed by atoms with Gasteiger partial charge in [-0.25, -0.2) is 4.79 Å². The molecule has 1 aromatic rings. The van der Waals surface area contributed by atoms with E-state index in [-0.39, 0.29) is 17.2 Å². The van der Waals surface area contributed by atoms with Crippen LogP contribution < -0.4 is 16.4 Å². The summed E-state index contributed by atoms with van der Waals surface area (Å²) in [5.74, 6) is 0. The zero-order chi connectivity index (χ0) is 16.9. The number of thiocarbonyl (C=S) groups is 1. The topological polar surface area (TPSA) is 120 Å². The molecule has 1 rings (SSSR count). The van der Waals surface area contributed by atoms with Crippen LogP contribution in [0.25, 0.3) is 0 Å². The van der Waals surface area contributed by atoms with Crippen molar-refractivity contribution in [2.75, 3.05) is 17.6 Å². The molecule has 0 atom stereocenters. The van der Waals surface area contributed by atoms with Gasteiger partial charge in [-0.1, -0.05) is 12.2 Å². The number of nitrogens with zero attached hydrogens (tertiary/aromatic N) is 1. The minimum absolute atomic E-state index is 0.0202. The maximum absolute atomic E-state index is 11.5. The molecule has 0 aromatic heterocycles. The monoisotopic (exact) mass is 326 g/mol. The Balaban J connectivity index is 2.60. The van der Waals surface area contributed by atoms with Crippen LogP contribution in [0.15, 0.2) is 18.2 Å². The predicted molar refractivity (Wildman–Crippen MR) is 88.0 cm³/mol. The fourth-order valence-corrected chi connectivity index (χ4v) is 1.61. The molecule has 4 N–H and O–H groups in total. The molecule has 9 heteroatoms. The molecule has 1 aromatic carbocycles. The van der Waals surface area contributed by atoms with Crippen molar-refractivity contribution in [2.24, 2.45) is 0 Å². The van der Waals surface area contributed by atoms with E-state index in [4.69, 9.17) is 22.7 Å². The van der Waals surface area contributed by atoms with Crippen molar-refractivity contribution in [3.8, 4) is 0 Å². The summed E-state index contributed by atoms with van der Waals surface area (Å²) in [6.07, 6.45) is -0.608. The van der Waals surface area contributed by atoms with Crippen LogP contribution in [0.2, 0.25) is 0 Å². The molecule has 0 saturated heterocycles. The van der Waals surface area contributed by atoms with Crippen LogP contribution in [0.4, 0.5) is 21.9 Å². The van der Waals surface area contributed by atoms with Gasteiger partial charge in [0.15, 0.2) is 0 Å². The molecule has 0 aliphatic heterocycles. The maximum Gasteiger partial charge on any atom is 0.408 e. The smallest absolute Gasteiger partial charge is 0.408 e. The molecule has 0 unspecified atom stereocenters. The number of carbonyl (C=O) groups is 1. The molecule has 0 aliphatic rings. The minimum Gasteiger partial charge on any atom is -0.444 e. The van der Waals surface area contributed by atoms with Gasteiger partial charge in [0.1, 0.15) is 5.60 Å². The van der Waals surface area contributed by atoms with Crippen LogP contribution in [-0.4, -0.2) is 28.2 Å². The number of nitro groups is 1. The highest BCUT2D eigenvalue weighted by atomic mass is 32.1. The molecule has 120 valence electrons. The lowest BCUT2D eigenvalue weighted by Crippen LogP contribution is -2.36. The summed E-state index contributed by atoms with van der Waals surface area (Å²) in [6.45, 7) is 5.25. The van der Waals surface area contributed by atoms with E-state index in [2.05, 4.69) is 10.6 Å². The van der Waals surface area contributed by atoms with Crippen molar-refractivity contribution in [1.82, 2.24) is 5.32 Å². The molecular formula is C13H18N4O4S. The highest BCUT2D eigenvalue weighted by Gasteiger charge is 2.16. The van der Waals surface area contributed by atoms with Gasteiger partial charge in [0.2, 0.25) is 0 Å². The number of hydrogen-bond acceptors (Lipinski definition) is 6. The third-order valence-corrected chi connectivity index (χ3v) is 2.56. The highest BCUT2D eigenvalue weighted by Crippen LogP contribution is 2.24. The zero-order valence-corrected chi connectivity index (χ0v) is 13.3. The summed E-state index contributed by atoms with van der Waals surface area (Å²) < 4.78 is 5.06. The molecule has 0 spiro atoms. The van der Waals surface area contributed by atoms with E-state index in [1.54, 1.807) is 20.8 Å². The molecule has 0 bridgehead atoms. The largest absolute Gasteiger partial charge is 0.444 e. The fraction of sp³-hybridized carbons (Fsp3) is 0.385. The number of nitrogens with one attached hydrogen (secondary N) is 2. The summed E-state index contributed by atoms with van der Waals surface area (Å²) in [5, 5.41) is 16.0. The predicted octanol–water partition coefficient (Wildman–Crippen LogP) is 2.44. The molecule has 1 amide bonds. The van der Waals surface area contributed by atoms with Crippen LogP contribution in [0.3, 0.4) is 0 Å². The number of amides is 1. The molecule has 0 saturated carbocycles. The molecule has 8 nitrogen and oxygen atoms in total.